The molecule has 0 atom stereocenters. The summed E-state index contributed by atoms with van der Waals surface area (Å²) in [4.78, 5) is 19.1. The molecule has 3 heterocycles. The lowest BCUT2D eigenvalue weighted by molar-refractivity contribution is -0.137. The van der Waals surface area contributed by atoms with Crippen LogP contribution in [0.2, 0.25) is 0 Å². The van der Waals surface area contributed by atoms with Gasteiger partial charge in [-0.1, -0.05) is 18.2 Å². The van der Waals surface area contributed by atoms with Crippen molar-refractivity contribution in [3.8, 4) is 17.0 Å². The molecule has 4 aromatic rings. The number of amides is 1. The molecule has 37 heavy (non-hydrogen) atoms. The smallest absolute Gasteiger partial charge is 0.416 e. The summed E-state index contributed by atoms with van der Waals surface area (Å²) in [7, 11) is 0. The topological polar surface area (TPSA) is 82.8 Å². The highest BCUT2D eigenvalue weighted by molar-refractivity contribution is 9.10. The van der Waals surface area contributed by atoms with Crippen LogP contribution >= 0.6 is 15.9 Å². The Bertz CT molecular complexity index is 1450. The van der Waals surface area contributed by atoms with Gasteiger partial charge in [-0.25, -0.2) is 4.98 Å². The monoisotopic (exact) mass is 573 g/mol. The van der Waals surface area contributed by atoms with Gasteiger partial charge in [0, 0.05) is 36.8 Å². The summed E-state index contributed by atoms with van der Waals surface area (Å²) in [5.74, 6) is 0.693. The van der Waals surface area contributed by atoms with Crippen molar-refractivity contribution >= 4 is 33.3 Å². The van der Waals surface area contributed by atoms with Gasteiger partial charge in [0.1, 0.15) is 11.6 Å². The predicted octanol–water partition coefficient (Wildman–Crippen LogP) is 5.85. The summed E-state index contributed by atoms with van der Waals surface area (Å²) in [6.45, 7) is 1.54. The Morgan fingerprint density at radius 2 is 1.86 bits per heavy atom. The minimum absolute atomic E-state index is 0.0477. The zero-order valence-electron chi connectivity index (χ0n) is 19.5. The molecule has 1 fully saturated rings. The highest BCUT2D eigenvalue weighted by Crippen LogP contribution is 2.32. The number of phenolic OH excluding ortho intramolecular Hbond substituents is 1. The van der Waals surface area contributed by atoms with Crippen molar-refractivity contribution < 1.29 is 23.1 Å². The van der Waals surface area contributed by atoms with E-state index < -0.39 is 11.7 Å². The van der Waals surface area contributed by atoms with Crippen LogP contribution in [0, 0.1) is 5.92 Å². The van der Waals surface area contributed by atoms with Gasteiger partial charge >= 0.3 is 6.18 Å². The van der Waals surface area contributed by atoms with E-state index in [1.54, 1.807) is 33.8 Å². The molecule has 2 aromatic carbocycles. The van der Waals surface area contributed by atoms with Crippen LogP contribution in [0.4, 0.5) is 19.0 Å². The Morgan fingerprint density at radius 3 is 2.59 bits per heavy atom. The number of likely N-dealkylation sites (tertiary alicyclic amines) is 1. The number of halogens is 4. The molecule has 192 valence electrons. The molecular weight excluding hydrogens is 551 g/mol. The number of aromatic hydroxyl groups is 1. The third-order valence-electron chi connectivity index (χ3n) is 6.52. The van der Waals surface area contributed by atoms with E-state index in [1.165, 1.54) is 12.1 Å². The average Bonchev–Trinajstić information content (AvgIpc) is 3.27. The highest BCUT2D eigenvalue weighted by Gasteiger charge is 2.32. The molecule has 0 aliphatic carbocycles. The van der Waals surface area contributed by atoms with Crippen LogP contribution in [0.5, 0.6) is 5.75 Å². The largest absolute Gasteiger partial charge is 0.507 e. The van der Waals surface area contributed by atoms with Gasteiger partial charge in [-0.3, -0.25) is 4.79 Å². The van der Waals surface area contributed by atoms with Gasteiger partial charge in [0.05, 0.1) is 21.9 Å². The molecule has 1 aliphatic rings. The number of fused-ring (bicyclic) bond motifs is 1. The van der Waals surface area contributed by atoms with E-state index in [2.05, 4.69) is 31.3 Å². The van der Waals surface area contributed by atoms with Gasteiger partial charge in [0.15, 0.2) is 5.65 Å². The number of aromatic nitrogens is 3. The first-order valence-electron chi connectivity index (χ1n) is 11.7. The predicted molar refractivity (Wildman–Crippen MR) is 136 cm³/mol. The molecule has 0 bridgehead atoms. The molecule has 2 N–H and O–H groups in total. The lowest BCUT2D eigenvalue weighted by Crippen LogP contribution is -2.40. The summed E-state index contributed by atoms with van der Waals surface area (Å²) < 4.78 is 41.5. The van der Waals surface area contributed by atoms with Crippen LogP contribution < -0.4 is 5.32 Å². The summed E-state index contributed by atoms with van der Waals surface area (Å²) in [6, 6.07) is 13.4. The lowest BCUT2D eigenvalue weighted by atomic mass is 9.96. The first-order valence-corrected chi connectivity index (χ1v) is 12.5. The number of rotatable bonds is 5. The van der Waals surface area contributed by atoms with E-state index in [1.807, 2.05) is 12.1 Å². The van der Waals surface area contributed by atoms with E-state index in [4.69, 9.17) is 0 Å². The van der Waals surface area contributed by atoms with Crippen molar-refractivity contribution in [1.29, 1.82) is 0 Å². The number of nitrogens with zero attached hydrogens (tertiary/aromatic N) is 4. The first-order chi connectivity index (χ1) is 17.7. The Kier molecular flexibility index (Phi) is 6.80. The zero-order chi connectivity index (χ0) is 26.2. The molecule has 7 nitrogen and oxygen atoms in total. The van der Waals surface area contributed by atoms with Gasteiger partial charge < -0.3 is 15.3 Å². The molecule has 0 saturated carbocycles. The lowest BCUT2D eigenvalue weighted by Gasteiger charge is -2.32. The Hall–Kier alpha value is -3.60. The van der Waals surface area contributed by atoms with E-state index in [0.717, 1.165) is 12.1 Å². The molecule has 5 rings (SSSR count). The molecule has 11 heteroatoms. The standard InChI is InChI=1S/C26H23BrF3N5O2/c27-20-15-32-35-23(13-21(33-24(20)35)19-6-1-2-7-22(19)36)31-14-16-8-10-34(11-9-16)25(37)17-4-3-5-18(12-17)26(28,29)30/h1-7,12-13,15-16,31,36H,8-11,14H2. The fraction of sp³-hybridized carbons (Fsp3) is 0.269. The number of nitrogens with one attached hydrogen (secondary N) is 1. The van der Waals surface area contributed by atoms with Crippen LogP contribution in [0.1, 0.15) is 28.8 Å². The normalized spacial score (nSPS) is 14.8. The van der Waals surface area contributed by atoms with Gasteiger partial charge in [-0.2, -0.15) is 22.8 Å². The number of piperidine rings is 1. The molecule has 1 amide bonds. The molecule has 0 spiro atoms. The maximum Gasteiger partial charge on any atom is 0.416 e. The number of alkyl halides is 3. The third kappa shape index (κ3) is 5.27. The SMILES string of the molecule is O=C(c1cccc(C(F)(F)F)c1)N1CCC(CNc2cc(-c3ccccc3O)nc3c(Br)cnn23)CC1. The maximum atomic E-state index is 13.0. The minimum atomic E-state index is -4.49. The Balaban J connectivity index is 1.26. The number of para-hydroxylation sites is 1. The summed E-state index contributed by atoms with van der Waals surface area (Å²) in [5.41, 5.74) is 1.02. The number of hydrogen-bond donors (Lipinski definition) is 2. The van der Waals surface area contributed by atoms with Crippen LogP contribution in [-0.4, -0.2) is 50.1 Å². The van der Waals surface area contributed by atoms with Gasteiger partial charge in [-0.15, -0.1) is 0 Å². The van der Waals surface area contributed by atoms with Gasteiger partial charge in [0.25, 0.3) is 5.91 Å². The van der Waals surface area contributed by atoms with Crippen molar-refractivity contribution in [3.05, 3.63) is 76.4 Å². The number of anilines is 1. The van der Waals surface area contributed by atoms with E-state index >= 15 is 0 Å². The zero-order valence-corrected chi connectivity index (χ0v) is 21.1. The second-order valence-corrected chi connectivity index (χ2v) is 9.82. The highest BCUT2D eigenvalue weighted by atomic mass is 79.9. The fourth-order valence-corrected chi connectivity index (χ4v) is 4.84. The van der Waals surface area contributed by atoms with E-state index in [-0.39, 0.29) is 23.1 Å². The molecule has 0 unspecified atom stereocenters. The number of carbonyl (C=O) groups is 1. The van der Waals surface area contributed by atoms with Crippen molar-refractivity contribution in [1.82, 2.24) is 19.5 Å². The molecule has 1 aliphatic heterocycles. The number of hydrogen-bond acceptors (Lipinski definition) is 5. The fourth-order valence-electron chi connectivity index (χ4n) is 4.49. The first kappa shape index (κ1) is 25.1. The summed E-state index contributed by atoms with van der Waals surface area (Å²) in [5, 5.41) is 18.1. The van der Waals surface area contributed by atoms with Crippen LogP contribution in [-0.2, 0) is 6.18 Å². The van der Waals surface area contributed by atoms with Crippen LogP contribution in [0.15, 0.2) is 65.3 Å². The molecule has 1 saturated heterocycles. The van der Waals surface area contributed by atoms with Crippen LogP contribution in [0.25, 0.3) is 16.9 Å². The average molecular weight is 574 g/mol. The summed E-state index contributed by atoms with van der Waals surface area (Å²) >= 11 is 3.47. The third-order valence-corrected chi connectivity index (χ3v) is 7.08. The van der Waals surface area contributed by atoms with Crippen molar-refractivity contribution in [2.45, 2.75) is 19.0 Å². The van der Waals surface area contributed by atoms with E-state index in [0.29, 0.717) is 59.7 Å². The number of benzene rings is 2. The van der Waals surface area contributed by atoms with Crippen LogP contribution in [0.3, 0.4) is 0 Å². The minimum Gasteiger partial charge on any atom is -0.507 e. The van der Waals surface area contributed by atoms with Crippen molar-refractivity contribution in [3.63, 3.8) is 0 Å². The van der Waals surface area contributed by atoms with E-state index in [9.17, 15) is 23.1 Å². The summed E-state index contributed by atoms with van der Waals surface area (Å²) in [6.07, 6.45) is -1.42. The quantitative estimate of drug-likeness (QED) is 0.313. The Morgan fingerprint density at radius 1 is 1.11 bits per heavy atom. The number of carbonyl (C=O) groups excluding carboxylic acids is 1. The van der Waals surface area contributed by atoms with Gasteiger partial charge in [-0.05, 0) is 65.0 Å². The van der Waals surface area contributed by atoms with Crippen molar-refractivity contribution in [2.24, 2.45) is 5.92 Å². The number of phenols is 1. The molecular formula is C26H23BrF3N5O2. The van der Waals surface area contributed by atoms with Crippen molar-refractivity contribution in [2.75, 3.05) is 25.0 Å². The van der Waals surface area contributed by atoms with Gasteiger partial charge in [0.2, 0.25) is 0 Å². The second kappa shape index (κ2) is 10.0. The Labute approximate surface area is 219 Å². The molecule has 0 radical (unpaired) electrons. The second-order valence-electron chi connectivity index (χ2n) is 8.97. The maximum absolute atomic E-state index is 13.0. The molecule has 2 aromatic heterocycles.